The van der Waals surface area contributed by atoms with E-state index in [2.05, 4.69) is 12.1 Å². The quantitative estimate of drug-likeness (QED) is 0.549. The third-order valence-electron chi connectivity index (χ3n) is 2.74. The molecule has 16 heavy (non-hydrogen) atoms. The molecular formula is C14H13BO. The summed E-state index contributed by atoms with van der Waals surface area (Å²) >= 11 is 0. The fourth-order valence-corrected chi connectivity index (χ4v) is 1.81. The van der Waals surface area contributed by atoms with Crippen LogP contribution >= 0.6 is 0 Å². The zero-order valence-corrected chi connectivity index (χ0v) is 9.31. The maximum Gasteiger partial charge on any atom is 0.150 e. The van der Waals surface area contributed by atoms with E-state index in [0.29, 0.717) is 0 Å². The first-order chi connectivity index (χ1) is 7.79. The zero-order chi connectivity index (χ0) is 11.4. The van der Waals surface area contributed by atoms with Gasteiger partial charge in [-0.2, -0.15) is 0 Å². The van der Waals surface area contributed by atoms with E-state index in [1.807, 2.05) is 44.2 Å². The highest BCUT2D eigenvalue weighted by Gasteiger charge is 2.00. The predicted octanol–water partition coefficient (Wildman–Crippen LogP) is 1.35. The summed E-state index contributed by atoms with van der Waals surface area (Å²) in [6.45, 7) is 0. The molecule has 0 N–H and O–H groups in total. The molecule has 0 aliphatic heterocycles. The summed E-state index contributed by atoms with van der Waals surface area (Å²) in [5, 5.41) is 0. The van der Waals surface area contributed by atoms with Gasteiger partial charge in [-0.15, -0.1) is 0 Å². The minimum absolute atomic E-state index is 0.745. The summed E-state index contributed by atoms with van der Waals surface area (Å²) in [6.07, 6.45) is 1.81. The Kier molecular flexibility index (Phi) is 3.20. The third-order valence-corrected chi connectivity index (χ3v) is 2.74. The van der Waals surface area contributed by atoms with Crippen molar-refractivity contribution in [2.75, 3.05) is 0 Å². The molecule has 2 aromatic rings. The molecule has 0 spiro atoms. The Labute approximate surface area is 96.5 Å². The summed E-state index contributed by atoms with van der Waals surface area (Å²) in [6, 6.07) is 16.2. The van der Waals surface area contributed by atoms with Gasteiger partial charge in [-0.25, -0.2) is 0 Å². The van der Waals surface area contributed by atoms with Gasteiger partial charge < -0.3 is 0 Å². The van der Waals surface area contributed by atoms with Crippen LogP contribution in [0.1, 0.15) is 21.5 Å². The molecule has 0 unspecified atom stereocenters. The van der Waals surface area contributed by atoms with Crippen molar-refractivity contribution < 1.29 is 4.79 Å². The molecule has 0 saturated heterocycles. The van der Waals surface area contributed by atoms with Gasteiger partial charge in [-0.05, 0) is 17.5 Å². The molecule has 2 heteroatoms. The van der Waals surface area contributed by atoms with Crippen LogP contribution in [0.4, 0.5) is 0 Å². The Hall–Kier alpha value is -1.83. The molecule has 0 atom stereocenters. The Morgan fingerprint density at radius 2 is 1.81 bits per heavy atom. The number of hydrogen-bond acceptors (Lipinski definition) is 1. The fraction of sp³-hybridized carbons (Fsp3) is 0.0714. The fourth-order valence-electron chi connectivity index (χ4n) is 1.81. The number of hydrogen-bond donors (Lipinski definition) is 0. The van der Waals surface area contributed by atoms with Crippen LogP contribution < -0.4 is 5.46 Å². The van der Waals surface area contributed by atoms with Crippen LogP contribution in [0.3, 0.4) is 0 Å². The highest BCUT2D eigenvalue weighted by Crippen LogP contribution is 2.07. The lowest BCUT2D eigenvalue weighted by Crippen LogP contribution is -2.11. The molecule has 0 radical (unpaired) electrons. The van der Waals surface area contributed by atoms with Crippen molar-refractivity contribution in [3.05, 3.63) is 65.2 Å². The molecular weight excluding hydrogens is 195 g/mol. The van der Waals surface area contributed by atoms with Crippen LogP contribution in [-0.2, 0) is 6.42 Å². The number of benzene rings is 2. The number of carbonyl (C=O) groups excluding carboxylic acids is 1. The lowest BCUT2D eigenvalue weighted by Gasteiger charge is -2.06. The highest BCUT2D eigenvalue weighted by molar-refractivity contribution is 6.33. The molecule has 78 valence electrons. The third kappa shape index (κ3) is 2.40. The normalized spacial score (nSPS) is 10.0. The van der Waals surface area contributed by atoms with Gasteiger partial charge in [-0.3, -0.25) is 4.79 Å². The Morgan fingerprint density at radius 3 is 2.44 bits per heavy atom. The van der Waals surface area contributed by atoms with Crippen molar-refractivity contribution in [1.82, 2.24) is 0 Å². The van der Waals surface area contributed by atoms with Crippen LogP contribution in [0.5, 0.6) is 0 Å². The average Bonchev–Trinajstić information content (AvgIpc) is 2.33. The van der Waals surface area contributed by atoms with Gasteiger partial charge in [0.15, 0.2) is 0 Å². The zero-order valence-electron chi connectivity index (χ0n) is 9.31. The van der Waals surface area contributed by atoms with E-state index in [1.165, 1.54) is 16.6 Å². The Balaban J connectivity index is 2.25. The van der Waals surface area contributed by atoms with Gasteiger partial charge >= 0.3 is 0 Å². The van der Waals surface area contributed by atoms with Crippen molar-refractivity contribution in [3.63, 3.8) is 0 Å². The van der Waals surface area contributed by atoms with Crippen molar-refractivity contribution in [2.45, 2.75) is 6.42 Å². The topological polar surface area (TPSA) is 17.1 Å². The molecule has 2 aromatic carbocycles. The first-order valence-electron chi connectivity index (χ1n) is 5.38. The van der Waals surface area contributed by atoms with Gasteiger partial charge in [0.1, 0.15) is 14.1 Å². The molecule has 0 aliphatic carbocycles. The van der Waals surface area contributed by atoms with Crippen molar-refractivity contribution in [2.24, 2.45) is 0 Å². The molecule has 0 bridgehead atoms. The maximum atomic E-state index is 10.6. The highest BCUT2D eigenvalue weighted by atomic mass is 16.1. The SMILES string of the molecule is Bc1cc(C=O)ccc1Cc1ccccc1. The minimum Gasteiger partial charge on any atom is -0.298 e. The second-order valence-corrected chi connectivity index (χ2v) is 3.97. The van der Waals surface area contributed by atoms with E-state index in [0.717, 1.165) is 18.3 Å². The van der Waals surface area contributed by atoms with Crippen LogP contribution in [0.2, 0.25) is 0 Å². The molecule has 2 rings (SSSR count). The van der Waals surface area contributed by atoms with Crippen LogP contribution in [0, 0.1) is 0 Å². The second kappa shape index (κ2) is 4.80. The van der Waals surface area contributed by atoms with E-state index >= 15 is 0 Å². The molecule has 0 heterocycles. The van der Waals surface area contributed by atoms with Gasteiger partial charge in [-0.1, -0.05) is 54.0 Å². The van der Waals surface area contributed by atoms with Crippen LogP contribution in [-0.4, -0.2) is 14.1 Å². The van der Waals surface area contributed by atoms with E-state index in [-0.39, 0.29) is 0 Å². The molecule has 1 nitrogen and oxygen atoms in total. The van der Waals surface area contributed by atoms with E-state index in [1.54, 1.807) is 0 Å². The predicted molar refractivity (Wildman–Crippen MR) is 69.3 cm³/mol. The molecule has 0 aliphatic rings. The molecule has 0 fully saturated rings. The lowest BCUT2D eigenvalue weighted by molar-refractivity contribution is 0.112. The summed E-state index contributed by atoms with van der Waals surface area (Å²) in [5.74, 6) is 0. The minimum atomic E-state index is 0.745. The Bertz CT molecular complexity index is 491. The van der Waals surface area contributed by atoms with Gasteiger partial charge in [0.25, 0.3) is 0 Å². The summed E-state index contributed by atoms with van der Waals surface area (Å²) in [5.41, 5.74) is 4.49. The monoisotopic (exact) mass is 208 g/mol. The lowest BCUT2D eigenvalue weighted by atomic mass is 9.86. The second-order valence-electron chi connectivity index (χ2n) is 3.97. The summed E-state index contributed by atoms with van der Waals surface area (Å²) in [7, 11) is 2.05. The van der Waals surface area contributed by atoms with Gasteiger partial charge in [0.05, 0.1) is 0 Å². The van der Waals surface area contributed by atoms with E-state index in [9.17, 15) is 4.79 Å². The number of aldehydes is 1. The van der Waals surface area contributed by atoms with Crippen LogP contribution in [0.25, 0.3) is 0 Å². The summed E-state index contributed by atoms with van der Waals surface area (Å²) < 4.78 is 0. The van der Waals surface area contributed by atoms with Crippen molar-refractivity contribution in [1.29, 1.82) is 0 Å². The largest absolute Gasteiger partial charge is 0.298 e. The number of rotatable bonds is 3. The average molecular weight is 208 g/mol. The van der Waals surface area contributed by atoms with Crippen LogP contribution in [0.15, 0.2) is 48.5 Å². The Morgan fingerprint density at radius 1 is 1.06 bits per heavy atom. The van der Waals surface area contributed by atoms with Gasteiger partial charge in [0.2, 0.25) is 0 Å². The molecule has 0 saturated carbocycles. The van der Waals surface area contributed by atoms with Gasteiger partial charge in [0, 0.05) is 5.56 Å². The number of carbonyl (C=O) groups is 1. The van der Waals surface area contributed by atoms with Crippen molar-refractivity contribution >= 4 is 19.6 Å². The molecule has 0 aromatic heterocycles. The first-order valence-corrected chi connectivity index (χ1v) is 5.38. The summed E-state index contributed by atoms with van der Waals surface area (Å²) in [4.78, 5) is 10.6. The first kappa shape index (κ1) is 10.7. The van der Waals surface area contributed by atoms with E-state index < -0.39 is 0 Å². The maximum absolute atomic E-state index is 10.6. The van der Waals surface area contributed by atoms with E-state index in [4.69, 9.17) is 0 Å². The van der Waals surface area contributed by atoms with Crippen molar-refractivity contribution in [3.8, 4) is 0 Å². The standard InChI is InChI=1S/C14H13BO/c15-14-9-12(10-16)6-7-13(14)8-11-4-2-1-3-5-11/h1-7,9-10H,8,15H2. The molecule has 0 amide bonds. The smallest absolute Gasteiger partial charge is 0.150 e.